The second kappa shape index (κ2) is 9.09. The molecule has 164 valence electrons. The zero-order chi connectivity index (χ0) is 21.1. The van der Waals surface area contributed by atoms with Gasteiger partial charge in [-0.05, 0) is 6.92 Å². The van der Waals surface area contributed by atoms with Crippen molar-refractivity contribution in [1.82, 2.24) is 19.6 Å². The minimum Gasteiger partial charge on any atom is -0.383 e. The van der Waals surface area contributed by atoms with Crippen LogP contribution in [-0.2, 0) is 18.3 Å². The third-order valence-electron chi connectivity index (χ3n) is 4.98. The summed E-state index contributed by atoms with van der Waals surface area (Å²) in [5, 5.41) is 0. The van der Waals surface area contributed by atoms with E-state index in [4.69, 9.17) is 19.5 Å². The molecule has 0 amide bonds. The number of aromatic nitrogens is 3. The number of piperazine rings is 1. The van der Waals surface area contributed by atoms with Gasteiger partial charge < -0.3 is 20.3 Å². The molecule has 0 aromatic carbocycles. The molecule has 3 rings (SSSR count). The van der Waals surface area contributed by atoms with Crippen LogP contribution in [0.5, 0.6) is 0 Å². The normalized spacial score (nSPS) is 21.9. The fourth-order valence-electron chi connectivity index (χ4n) is 3.15. The van der Waals surface area contributed by atoms with Crippen LogP contribution < -0.4 is 15.5 Å². The average Bonchev–Trinajstić information content (AvgIpc) is 2.71. The van der Waals surface area contributed by atoms with Gasteiger partial charge in [0, 0.05) is 51.8 Å². The Morgan fingerprint density at radius 2 is 1.83 bits per heavy atom. The molecule has 0 spiro atoms. The molecule has 0 atom stereocenters. The maximum absolute atomic E-state index is 13.0. The van der Waals surface area contributed by atoms with Crippen molar-refractivity contribution < 1.29 is 18.3 Å². The summed E-state index contributed by atoms with van der Waals surface area (Å²) in [7, 11) is -1.57. The number of anilines is 3. The Morgan fingerprint density at radius 1 is 1.17 bits per heavy atom. The van der Waals surface area contributed by atoms with Crippen LogP contribution in [0.25, 0.3) is 0 Å². The Bertz CT molecular complexity index is 728. The summed E-state index contributed by atoms with van der Waals surface area (Å²) in [6.45, 7) is 11.1. The topological polar surface area (TPSA) is 119 Å². The van der Waals surface area contributed by atoms with Crippen molar-refractivity contribution >= 4 is 25.6 Å². The molecule has 2 N–H and O–H groups in total. The van der Waals surface area contributed by atoms with E-state index in [0.717, 1.165) is 6.54 Å². The second-order valence-electron chi connectivity index (χ2n) is 7.99. The molecule has 29 heavy (non-hydrogen) atoms. The van der Waals surface area contributed by atoms with E-state index >= 15 is 0 Å². The minimum atomic E-state index is -3.23. The van der Waals surface area contributed by atoms with Gasteiger partial charge in [0.1, 0.15) is 0 Å². The summed E-state index contributed by atoms with van der Waals surface area (Å²) in [6, 6.07) is 0. The fourth-order valence-corrected chi connectivity index (χ4v) is 5.24. The lowest BCUT2D eigenvalue weighted by Gasteiger charge is -2.42. The summed E-state index contributed by atoms with van der Waals surface area (Å²) in [5.41, 5.74) is 5.81. The lowest BCUT2D eigenvalue weighted by molar-refractivity contribution is 0.0203. The summed E-state index contributed by atoms with van der Waals surface area (Å²) < 4.78 is 31.3. The zero-order valence-electron chi connectivity index (χ0n) is 17.7. The van der Waals surface area contributed by atoms with Gasteiger partial charge in [-0.3, -0.25) is 9.05 Å². The zero-order valence-corrected chi connectivity index (χ0v) is 18.6. The maximum Gasteiger partial charge on any atom is 0.408 e. The third-order valence-corrected chi connectivity index (χ3v) is 6.98. The Kier molecular flexibility index (Phi) is 6.95. The molecular formula is C17H32N7O4P. The van der Waals surface area contributed by atoms with Gasteiger partial charge in [-0.1, -0.05) is 13.8 Å². The predicted molar refractivity (Wildman–Crippen MR) is 111 cm³/mol. The minimum absolute atomic E-state index is 0.123. The van der Waals surface area contributed by atoms with Gasteiger partial charge >= 0.3 is 7.75 Å². The van der Waals surface area contributed by atoms with Crippen molar-refractivity contribution in [3.8, 4) is 0 Å². The van der Waals surface area contributed by atoms with E-state index in [-0.39, 0.29) is 11.4 Å². The van der Waals surface area contributed by atoms with E-state index in [1.807, 2.05) is 30.6 Å². The third kappa shape index (κ3) is 5.35. The molecule has 2 aliphatic heterocycles. The first-order valence-corrected chi connectivity index (χ1v) is 11.4. The first-order valence-electron chi connectivity index (χ1n) is 9.91. The summed E-state index contributed by atoms with van der Waals surface area (Å²) in [5.74, 6) is 1.23. The van der Waals surface area contributed by atoms with Crippen molar-refractivity contribution in [2.75, 3.05) is 81.7 Å². The van der Waals surface area contributed by atoms with Gasteiger partial charge in [0.25, 0.3) is 0 Å². The van der Waals surface area contributed by atoms with Crippen LogP contribution in [0.3, 0.4) is 0 Å². The van der Waals surface area contributed by atoms with E-state index in [1.54, 1.807) is 11.8 Å². The summed E-state index contributed by atoms with van der Waals surface area (Å²) in [4.78, 5) is 17.2. The van der Waals surface area contributed by atoms with E-state index in [1.165, 1.54) is 0 Å². The molecule has 1 aromatic rings. The maximum atomic E-state index is 13.0. The number of methoxy groups -OCH3 is 1. The number of hydrogen-bond donors (Lipinski definition) is 1. The highest BCUT2D eigenvalue weighted by atomic mass is 31.2. The highest BCUT2D eigenvalue weighted by Gasteiger charge is 2.42. The predicted octanol–water partition coefficient (Wildman–Crippen LogP) is 1.23. The molecule has 2 aliphatic rings. The van der Waals surface area contributed by atoms with Crippen molar-refractivity contribution in [2.45, 2.75) is 20.8 Å². The van der Waals surface area contributed by atoms with Crippen molar-refractivity contribution in [1.29, 1.82) is 0 Å². The highest BCUT2D eigenvalue weighted by molar-refractivity contribution is 7.51. The monoisotopic (exact) mass is 429 g/mol. The van der Waals surface area contributed by atoms with E-state index in [9.17, 15) is 4.57 Å². The molecule has 1 aromatic heterocycles. The van der Waals surface area contributed by atoms with Crippen LogP contribution >= 0.6 is 7.75 Å². The molecule has 2 saturated heterocycles. The molecule has 0 unspecified atom stereocenters. The number of ether oxygens (including phenoxy) is 1. The van der Waals surface area contributed by atoms with Crippen LogP contribution in [0, 0.1) is 5.41 Å². The first-order chi connectivity index (χ1) is 13.8. The van der Waals surface area contributed by atoms with Crippen LogP contribution in [-0.4, -0.2) is 85.8 Å². The Balaban J connectivity index is 1.65. The number of hydrogen-bond acceptors (Lipinski definition) is 10. The van der Waals surface area contributed by atoms with E-state index in [2.05, 4.69) is 15.0 Å². The van der Waals surface area contributed by atoms with E-state index < -0.39 is 7.75 Å². The molecule has 0 bridgehead atoms. The Labute approximate surface area is 172 Å². The molecule has 3 heterocycles. The molecule has 12 heteroatoms. The summed E-state index contributed by atoms with van der Waals surface area (Å²) >= 11 is 0. The lowest BCUT2D eigenvalue weighted by atomic mass is 9.97. The van der Waals surface area contributed by atoms with Gasteiger partial charge in [0.2, 0.25) is 17.8 Å². The standard InChI is InChI=1S/C17H32N7O4P/c1-5-22(10-11-26-4)15-19-14(18)20-16(21-15)23-6-8-24(9-7-23)29(25)27-12-17(2,3)13-28-29/h5-13H2,1-4H3,(H2,18,19,20,21). The van der Waals surface area contributed by atoms with E-state index in [0.29, 0.717) is 64.4 Å². The van der Waals surface area contributed by atoms with Crippen molar-refractivity contribution in [2.24, 2.45) is 5.41 Å². The summed E-state index contributed by atoms with van der Waals surface area (Å²) in [6.07, 6.45) is 0. The number of nitrogens with two attached hydrogens (primary N) is 1. The van der Waals surface area contributed by atoms with Crippen molar-refractivity contribution in [3.63, 3.8) is 0 Å². The molecular weight excluding hydrogens is 397 g/mol. The van der Waals surface area contributed by atoms with Crippen molar-refractivity contribution in [3.05, 3.63) is 0 Å². The van der Waals surface area contributed by atoms with Gasteiger partial charge in [-0.25, -0.2) is 9.24 Å². The van der Waals surface area contributed by atoms with Crippen LogP contribution in [0.1, 0.15) is 20.8 Å². The first kappa shape index (κ1) is 22.2. The van der Waals surface area contributed by atoms with Crippen LogP contribution in [0.15, 0.2) is 0 Å². The Hall–Kier alpha value is -1.52. The van der Waals surface area contributed by atoms with Gasteiger partial charge in [0.15, 0.2) is 0 Å². The highest BCUT2D eigenvalue weighted by Crippen LogP contribution is 2.56. The van der Waals surface area contributed by atoms with Gasteiger partial charge in [-0.2, -0.15) is 15.0 Å². The number of likely N-dealkylation sites (N-methyl/N-ethyl adjacent to an activating group) is 1. The van der Waals surface area contributed by atoms with Gasteiger partial charge in [0.05, 0.1) is 19.8 Å². The number of nitrogen functional groups attached to an aromatic ring is 1. The average molecular weight is 429 g/mol. The quantitative estimate of drug-likeness (QED) is 0.630. The number of rotatable bonds is 7. The fraction of sp³-hybridized carbons (Fsp3) is 0.824. The Morgan fingerprint density at radius 3 is 2.41 bits per heavy atom. The number of nitrogens with zero attached hydrogens (tertiary/aromatic N) is 6. The molecule has 2 fully saturated rings. The molecule has 0 aliphatic carbocycles. The smallest absolute Gasteiger partial charge is 0.383 e. The van der Waals surface area contributed by atoms with Crippen LogP contribution in [0.2, 0.25) is 0 Å². The van der Waals surface area contributed by atoms with Crippen LogP contribution in [0.4, 0.5) is 17.8 Å². The largest absolute Gasteiger partial charge is 0.408 e. The second-order valence-corrected chi connectivity index (χ2v) is 10.0. The molecule has 11 nitrogen and oxygen atoms in total. The van der Waals surface area contributed by atoms with Gasteiger partial charge in [-0.15, -0.1) is 0 Å². The lowest BCUT2D eigenvalue weighted by Crippen LogP contribution is -2.47. The molecule has 0 saturated carbocycles. The SMILES string of the molecule is CCN(CCOC)c1nc(N)nc(N2CCN(P3(=O)OCC(C)(C)CO3)CC2)n1. The molecule has 0 radical (unpaired) electrons.